The molecule has 1 amide bonds. The van der Waals surface area contributed by atoms with Gasteiger partial charge in [0.25, 0.3) is 5.91 Å². The first-order valence-corrected chi connectivity index (χ1v) is 8.61. The van der Waals surface area contributed by atoms with E-state index >= 15 is 0 Å². The fourth-order valence-corrected chi connectivity index (χ4v) is 3.16. The zero-order valence-electron chi connectivity index (χ0n) is 15.1. The number of carbonyl (C=O) groups is 2. The molecule has 1 aliphatic rings. The van der Waals surface area contributed by atoms with E-state index in [0.717, 1.165) is 5.56 Å². The normalized spacial score (nSPS) is 17.5. The maximum absolute atomic E-state index is 12.8. The van der Waals surface area contributed by atoms with Crippen LogP contribution in [0.25, 0.3) is 0 Å². The second-order valence-corrected chi connectivity index (χ2v) is 6.92. The lowest BCUT2D eigenvalue weighted by Crippen LogP contribution is -2.30. The van der Waals surface area contributed by atoms with Gasteiger partial charge in [-0.15, -0.1) is 0 Å². The molecule has 0 aliphatic carbocycles. The number of pyridine rings is 1. The number of hydrogen-bond acceptors (Lipinski definition) is 5. The standard InChI is InChI=1S/C20H22N2O4/c1-12(2)10-15(23)17-18(16-5-4-13(3)26-16)22(20(25)19(17)24)11-14-6-8-21-9-7-14/h4-9,12,18,24H,10-11H2,1-3H3. The highest BCUT2D eigenvalue weighted by molar-refractivity contribution is 6.08. The largest absolute Gasteiger partial charge is 0.503 e. The molecule has 1 unspecified atom stereocenters. The first-order valence-electron chi connectivity index (χ1n) is 8.61. The Labute approximate surface area is 152 Å². The van der Waals surface area contributed by atoms with Crippen molar-refractivity contribution in [2.45, 2.75) is 39.8 Å². The van der Waals surface area contributed by atoms with E-state index in [1.165, 1.54) is 4.90 Å². The summed E-state index contributed by atoms with van der Waals surface area (Å²) in [5, 5.41) is 10.4. The Bertz CT molecular complexity index is 852. The Kier molecular flexibility index (Phi) is 4.93. The lowest BCUT2D eigenvalue weighted by Gasteiger charge is -2.25. The summed E-state index contributed by atoms with van der Waals surface area (Å²) in [5.41, 5.74) is 0.971. The second-order valence-electron chi connectivity index (χ2n) is 6.92. The third-order valence-corrected chi connectivity index (χ3v) is 4.33. The zero-order valence-corrected chi connectivity index (χ0v) is 15.1. The molecule has 1 N–H and O–H groups in total. The number of carbonyl (C=O) groups excluding carboxylic acids is 2. The average molecular weight is 354 g/mol. The van der Waals surface area contributed by atoms with Crippen LogP contribution in [0.1, 0.15) is 43.4 Å². The highest BCUT2D eigenvalue weighted by Gasteiger charge is 2.44. The lowest BCUT2D eigenvalue weighted by atomic mass is 9.95. The molecule has 1 aliphatic heterocycles. The van der Waals surface area contributed by atoms with Crippen LogP contribution in [0.3, 0.4) is 0 Å². The van der Waals surface area contributed by atoms with E-state index in [-0.39, 0.29) is 30.2 Å². The maximum atomic E-state index is 12.8. The van der Waals surface area contributed by atoms with E-state index in [2.05, 4.69) is 4.98 Å². The predicted molar refractivity (Wildman–Crippen MR) is 95.1 cm³/mol. The number of nitrogens with zero attached hydrogens (tertiary/aromatic N) is 2. The Morgan fingerprint density at radius 3 is 2.54 bits per heavy atom. The number of aliphatic hydroxyl groups is 1. The number of ketones is 1. The molecule has 3 rings (SSSR count). The van der Waals surface area contributed by atoms with Crippen molar-refractivity contribution in [3.8, 4) is 0 Å². The highest BCUT2D eigenvalue weighted by Crippen LogP contribution is 2.40. The van der Waals surface area contributed by atoms with E-state index in [1.807, 2.05) is 13.8 Å². The van der Waals surface area contributed by atoms with E-state index in [0.29, 0.717) is 11.5 Å². The fourth-order valence-electron chi connectivity index (χ4n) is 3.16. The Balaban J connectivity index is 2.02. The summed E-state index contributed by atoms with van der Waals surface area (Å²) in [6, 6.07) is 6.39. The van der Waals surface area contributed by atoms with Gasteiger partial charge in [0, 0.05) is 25.4 Å². The van der Waals surface area contributed by atoms with Gasteiger partial charge in [-0.2, -0.15) is 0 Å². The van der Waals surface area contributed by atoms with Crippen molar-refractivity contribution in [1.82, 2.24) is 9.88 Å². The molecule has 1 atom stereocenters. The van der Waals surface area contributed by atoms with Crippen LogP contribution in [0, 0.1) is 12.8 Å². The molecule has 6 heteroatoms. The van der Waals surface area contributed by atoms with Crippen LogP contribution in [0.5, 0.6) is 0 Å². The number of hydrogen-bond donors (Lipinski definition) is 1. The van der Waals surface area contributed by atoms with Crippen LogP contribution in [0.4, 0.5) is 0 Å². The molecular weight excluding hydrogens is 332 g/mol. The molecule has 3 heterocycles. The van der Waals surface area contributed by atoms with Gasteiger partial charge >= 0.3 is 0 Å². The molecule has 0 aromatic carbocycles. The van der Waals surface area contributed by atoms with Crippen LogP contribution >= 0.6 is 0 Å². The van der Waals surface area contributed by atoms with E-state index in [9.17, 15) is 14.7 Å². The van der Waals surface area contributed by atoms with Gasteiger partial charge in [0.05, 0.1) is 5.57 Å². The summed E-state index contributed by atoms with van der Waals surface area (Å²) in [4.78, 5) is 30.9. The van der Waals surface area contributed by atoms with Crippen molar-refractivity contribution in [2.24, 2.45) is 5.92 Å². The maximum Gasteiger partial charge on any atom is 0.290 e. The van der Waals surface area contributed by atoms with E-state index in [1.54, 1.807) is 43.6 Å². The van der Waals surface area contributed by atoms with Gasteiger partial charge in [-0.1, -0.05) is 13.8 Å². The number of furan rings is 1. The zero-order chi connectivity index (χ0) is 18.8. The van der Waals surface area contributed by atoms with Gasteiger partial charge in [-0.25, -0.2) is 0 Å². The van der Waals surface area contributed by atoms with Gasteiger partial charge < -0.3 is 14.4 Å². The number of aryl methyl sites for hydroxylation is 1. The number of aromatic nitrogens is 1. The lowest BCUT2D eigenvalue weighted by molar-refractivity contribution is -0.130. The van der Waals surface area contributed by atoms with Gasteiger partial charge in [0.2, 0.25) is 0 Å². The van der Waals surface area contributed by atoms with Crippen LogP contribution in [-0.4, -0.2) is 26.7 Å². The Morgan fingerprint density at radius 2 is 1.96 bits per heavy atom. The summed E-state index contributed by atoms with van der Waals surface area (Å²) >= 11 is 0. The third-order valence-electron chi connectivity index (χ3n) is 4.33. The van der Waals surface area contributed by atoms with Crippen LogP contribution in [-0.2, 0) is 16.1 Å². The van der Waals surface area contributed by atoms with Crippen molar-refractivity contribution < 1.29 is 19.1 Å². The molecule has 0 spiro atoms. The molecule has 6 nitrogen and oxygen atoms in total. The first kappa shape index (κ1) is 17.9. The van der Waals surface area contributed by atoms with Gasteiger partial charge in [-0.3, -0.25) is 14.6 Å². The number of rotatable bonds is 6. The second kappa shape index (κ2) is 7.15. The molecule has 0 bridgehead atoms. The number of amides is 1. The van der Waals surface area contributed by atoms with Crippen LogP contribution in [0.2, 0.25) is 0 Å². The average Bonchev–Trinajstić information content (AvgIpc) is 3.12. The quantitative estimate of drug-likeness (QED) is 0.858. The summed E-state index contributed by atoms with van der Waals surface area (Å²) in [5.74, 6) is -0.00980. The predicted octanol–water partition coefficient (Wildman–Crippen LogP) is 3.49. The highest BCUT2D eigenvalue weighted by atomic mass is 16.3. The topological polar surface area (TPSA) is 83.6 Å². The summed E-state index contributed by atoms with van der Waals surface area (Å²) in [6.07, 6.45) is 3.53. The van der Waals surface area contributed by atoms with E-state index in [4.69, 9.17) is 4.42 Å². The molecule has 0 fully saturated rings. The van der Waals surface area contributed by atoms with Crippen LogP contribution in [0.15, 0.2) is 52.4 Å². The molecule has 136 valence electrons. The molecule has 26 heavy (non-hydrogen) atoms. The fraction of sp³-hybridized carbons (Fsp3) is 0.350. The summed E-state index contributed by atoms with van der Waals surface area (Å²) in [6.45, 7) is 5.89. The molecule has 0 radical (unpaired) electrons. The summed E-state index contributed by atoms with van der Waals surface area (Å²) in [7, 11) is 0. The molecular formula is C20H22N2O4. The smallest absolute Gasteiger partial charge is 0.290 e. The third kappa shape index (κ3) is 3.40. The number of Topliss-reactive ketones (excluding diaryl/α,β-unsaturated/α-hetero) is 1. The van der Waals surface area contributed by atoms with Gasteiger partial charge in [0.1, 0.15) is 17.6 Å². The summed E-state index contributed by atoms with van der Waals surface area (Å²) < 4.78 is 5.71. The van der Waals surface area contributed by atoms with Crippen molar-refractivity contribution >= 4 is 11.7 Å². The van der Waals surface area contributed by atoms with Crippen LogP contribution < -0.4 is 0 Å². The molecule has 0 saturated heterocycles. The van der Waals surface area contributed by atoms with Crippen molar-refractivity contribution in [3.63, 3.8) is 0 Å². The van der Waals surface area contributed by atoms with E-state index < -0.39 is 17.7 Å². The number of aliphatic hydroxyl groups excluding tert-OH is 1. The van der Waals surface area contributed by atoms with Crippen molar-refractivity contribution in [3.05, 3.63) is 65.1 Å². The minimum atomic E-state index is -0.726. The minimum absolute atomic E-state index is 0.117. The monoisotopic (exact) mass is 354 g/mol. The van der Waals surface area contributed by atoms with Gasteiger partial charge in [0.15, 0.2) is 11.5 Å². The SMILES string of the molecule is Cc1ccc(C2C(C(=O)CC(C)C)=C(O)C(=O)N2Cc2ccncc2)o1. The minimum Gasteiger partial charge on any atom is -0.503 e. The Hall–Kier alpha value is -2.89. The van der Waals surface area contributed by atoms with Crippen molar-refractivity contribution in [1.29, 1.82) is 0 Å². The molecule has 2 aromatic rings. The Morgan fingerprint density at radius 1 is 1.27 bits per heavy atom. The first-order chi connectivity index (χ1) is 12.4. The molecule has 2 aromatic heterocycles. The molecule has 0 saturated carbocycles. The van der Waals surface area contributed by atoms with Crippen molar-refractivity contribution in [2.75, 3.05) is 0 Å². The van der Waals surface area contributed by atoms with Gasteiger partial charge in [-0.05, 0) is 42.7 Å².